The molecule has 0 atom stereocenters. The predicted molar refractivity (Wildman–Crippen MR) is 102 cm³/mol. The smallest absolute Gasteiger partial charge is 0.360 e. The fourth-order valence-corrected chi connectivity index (χ4v) is 4.56. The number of hydrogen-bond acceptors (Lipinski definition) is 9. The van der Waals surface area contributed by atoms with E-state index >= 15 is 0 Å². The first-order valence-corrected chi connectivity index (χ1v) is 10.1. The van der Waals surface area contributed by atoms with Crippen molar-refractivity contribution >= 4 is 33.0 Å². The standard InChI is InChI=1S/C17H16N2O7S2/c1-23-11-6-10(7-12(8-11)24-2)19-28(21,22)16-5-4-15(27-16)14-9-13(18-26-14)17(20)25-3/h4-9,19H,1-3H3. The van der Waals surface area contributed by atoms with E-state index in [4.69, 9.17) is 14.0 Å². The number of sulfonamides is 1. The van der Waals surface area contributed by atoms with Crippen molar-refractivity contribution in [1.82, 2.24) is 5.16 Å². The van der Waals surface area contributed by atoms with Gasteiger partial charge in [-0.2, -0.15) is 0 Å². The van der Waals surface area contributed by atoms with Gasteiger partial charge in [0.2, 0.25) is 0 Å². The lowest BCUT2D eigenvalue weighted by molar-refractivity contribution is 0.0589. The Balaban J connectivity index is 1.86. The fraction of sp³-hybridized carbons (Fsp3) is 0.176. The number of benzene rings is 1. The molecule has 0 aliphatic rings. The summed E-state index contributed by atoms with van der Waals surface area (Å²) in [4.78, 5) is 12.0. The summed E-state index contributed by atoms with van der Waals surface area (Å²) in [6.07, 6.45) is 0. The first-order chi connectivity index (χ1) is 13.4. The van der Waals surface area contributed by atoms with Crippen LogP contribution < -0.4 is 14.2 Å². The number of rotatable bonds is 7. The Morgan fingerprint density at radius 1 is 1.07 bits per heavy atom. The zero-order valence-electron chi connectivity index (χ0n) is 15.1. The summed E-state index contributed by atoms with van der Waals surface area (Å²) in [6.45, 7) is 0. The van der Waals surface area contributed by atoms with Crippen molar-refractivity contribution in [2.45, 2.75) is 4.21 Å². The summed E-state index contributed by atoms with van der Waals surface area (Å²) in [5.41, 5.74) is 0.288. The molecule has 148 valence electrons. The Bertz CT molecular complexity index is 1080. The number of hydrogen-bond donors (Lipinski definition) is 1. The summed E-state index contributed by atoms with van der Waals surface area (Å²) < 4.78 is 47.9. The molecule has 28 heavy (non-hydrogen) atoms. The molecular formula is C17H16N2O7S2. The Morgan fingerprint density at radius 3 is 2.36 bits per heavy atom. The molecule has 9 nitrogen and oxygen atoms in total. The number of nitrogens with zero attached hydrogens (tertiary/aromatic N) is 1. The molecule has 0 radical (unpaired) electrons. The van der Waals surface area contributed by atoms with Crippen molar-refractivity contribution in [3.63, 3.8) is 0 Å². The maximum Gasteiger partial charge on any atom is 0.360 e. The first-order valence-electron chi connectivity index (χ1n) is 7.77. The largest absolute Gasteiger partial charge is 0.497 e. The summed E-state index contributed by atoms with van der Waals surface area (Å²) >= 11 is 0.966. The van der Waals surface area contributed by atoms with E-state index in [-0.39, 0.29) is 15.7 Å². The maximum atomic E-state index is 12.7. The summed E-state index contributed by atoms with van der Waals surface area (Å²) in [6, 6.07) is 9.08. The molecule has 0 aliphatic heterocycles. The second-order valence-electron chi connectivity index (χ2n) is 5.39. The molecule has 3 rings (SSSR count). The molecule has 3 aromatic rings. The number of aromatic nitrogens is 1. The molecule has 0 aliphatic carbocycles. The fourth-order valence-electron chi connectivity index (χ4n) is 2.26. The Labute approximate surface area is 164 Å². The number of anilines is 1. The van der Waals surface area contributed by atoms with E-state index in [0.717, 1.165) is 11.3 Å². The highest BCUT2D eigenvalue weighted by molar-refractivity contribution is 7.94. The summed E-state index contributed by atoms with van der Waals surface area (Å²) in [7, 11) is 0.309. The van der Waals surface area contributed by atoms with Gasteiger partial charge >= 0.3 is 5.97 Å². The average molecular weight is 424 g/mol. The molecule has 11 heteroatoms. The summed E-state index contributed by atoms with van der Waals surface area (Å²) in [5.74, 6) is 0.504. The third kappa shape index (κ3) is 4.10. The molecule has 0 bridgehead atoms. The van der Waals surface area contributed by atoms with Gasteiger partial charge in [0.25, 0.3) is 10.0 Å². The van der Waals surface area contributed by atoms with Crippen LogP contribution >= 0.6 is 11.3 Å². The van der Waals surface area contributed by atoms with Crippen LogP contribution in [0.1, 0.15) is 10.5 Å². The highest BCUT2D eigenvalue weighted by Crippen LogP contribution is 2.33. The monoisotopic (exact) mass is 424 g/mol. The lowest BCUT2D eigenvalue weighted by atomic mass is 10.3. The van der Waals surface area contributed by atoms with E-state index < -0.39 is 16.0 Å². The van der Waals surface area contributed by atoms with Crippen LogP contribution in [-0.2, 0) is 14.8 Å². The van der Waals surface area contributed by atoms with Gasteiger partial charge in [0.1, 0.15) is 15.7 Å². The summed E-state index contributed by atoms with van der Waals surface area (Å²) in [5, 5.41) is 3.60. The normalized spacial score (nSPS) is 11.1. The second kappa shape index (κ2) is 7.90. The highest BCUT2D eigenvalue weighted by atomic mass is 32.2. The van der Waals surface area contributed by atoms with Gasteiger partial charge < -0.3 is 18.7 Å². The average Bonchev–Trinajstić information content (AvgIpc) is 3.36. The zero-order chi connectivity index (χ0) is 20.3. The quantitative estimate of drug-likeness (QED) is 0.575. The Kier molecular flexibility index (Phi) is 5.56. The zero-order valence-corrected chi connectivity index (χ0v) is 16.7. The lowest BCUT2D eigenvalue weighted by Gasteiger charge is -2.10. The number of nitrogens with one attached hydrogen (secondary N) is 1. The van der Waals surface area contributed by atoms with Gasteiger partial charge in [0.15, 0.2) is 11.5 Å². The first kappa shape index (κ1) is 19.7. The van der Waals surface area contributed by atoms with Crippen molar-refractivity contribution in [1.29, 1.82) is 0 Å². The molecule has 2 aromatic heterocycles. The van der Waals surface area contributed by atoms with E-state index in [1.165, 1.54) is 45.6 Å². The molecule has 1 aromatic carbocycles. The van der Waals surface area contributed by atoms with Gasteiger partial charge in [-0.15, -0.1) is 11.3 Å². The van der Waals surface area contributed by atoms with Crippen LogP contribution in [0.2, 0.25) is 0 Å². The van der Waals surface area contributed by atoms with Gasteiger partial charge in [-0.1, -0.05) is 5.16 Å². The van der Waals surface area contributed by atoms with Gasteiger partial charge in [0, 0.05) is 24.3 Å². The van der Waals surface area contributed by atoms with Crippen molar-refractivity contribution in [2.24, 2.45) is 0 Å². The minimum absolute atomic E-state index is 0.00286. The molecule has 0 saturated carbocycles. The molecule has 0 unspecified atom stereocenters. The highest BCUT2D eigenvalue weighted by Gasteiger charge is 2.21. The lowest BCUT2D eigenvalue weighted by Crippen LogP contribution is -2.11. The number of thiophene rings is 1. The second-order valence-corrected chi connectivity index (χ2v) is 8.39. The van der Waals surface area contributed by atoms with Crippen LogP contribution in [0.5, 0.6) is 11.5 Å². The molecule has 0 saturated heterocycles. The van der Waals surface area contributed by atoms with Crippen molar-refractivity contribution in [3.05, 3.63) is 42.1 Å². The maximum absolute atomic E-state index is 12.7. The number of carbonyl (C=O) groups is 1. The third-order valence-electron chi connectivity index (χ3n) is 3.60. The van der Waals surface area contributed by atoms with Crippen molar-refractivity contribution in [3.8, 4) is 22.1 Å². The Hall–Kier alpha value is -3.05. The predicted octanol–water partition coefficient (Wildman–Crippen LogP) is 3.01. The van der Waals surface area contributed by atoms with E-state index in [0.29, 0.717) is 22.1 Å². The molecular weight excluding hydrogens is 408 g/mol. The van der Waals surface area contributed by atoms with Crippen molar-refractivity contribution < 1.29 is 31.9 Å². The Morgan fingerprint density at radius 2 is 1.75 bits per heavy atom. The third-order valence-corrected chi connectivity index (χ3v) is 6.57. The minimum atomic E-state index is -3.86. The molecule has 0 fully saturated rings. The number of ether oxygens (including phenoxy) is 3. The van der Waals surface area contributed by atoms with Crippen LogP contribution in [0.4, 0.5) is 5.69 Å². The van der Waals surface area contributed by atoms with Crippen LogP contribution in [0, 0.1) is 0 Å². The van der Waals surface area contributed by atoms with E-state index in [9.17, 15) is 13.2 Å². The molecule has 2 heterocycles. The topological polar surface area (TPSA) is 117 Å². The van der Waals surface area contributed by atoms with E-state index in [2.05, 4.69) is 14.6 Å². The SMILES string of the molecule is COC(=O)c1cc(-c2ccc(S(=O)(=O)Nc3cc(OC)cc(OC)c3)s2)on1. The molecule has 0 spiro atoms. The van der Waals surface area contributed by atoms with Gasteiger partial charge in [0.05, 0.1) is 31.9 Å². The number of methoxy groups -OCH3 is 3. The van der Waals surface area contributed by atoms with E-state index in [1.54, 1.807) is 12.1 Å². The van der Waals surface area contributed by atoms with E-state index in [1.807, 2.05) is 0 Å². The minimum Gasteiger partial charge on any atom is -0.497 e. The van der Waals surface area contributed by atoms with Crippen LogP contribution in [0.15, 0.2) is 45.1 Å². The number of carbonyl (C=O) groups excluding carboxylic acids is 1. The van der Waals surface area contributed by atoms with Gasteiger partial charge in [-0.3, -0.25) is 4.72 Å². The number of esters is 1. The van der Waals surface area contributed by atoms with Crippen molar-refractivity contribution in [2.75, 3.05) is 26.1 Å². The van der Waals surface area contributed by atoms with Crippen LogP contribution in [0.25, 0.3) is 10.6 Å². The molecule has 1 N–H and O–H groups in total. The van der Waals surface area contributed by atoms with Gasteiger partial charge in [-0.25, -0.2) is 13.2 Å². The molecule has 0 amide bonds. The van der Waals surface area contributed by atoms with Crippen LogP contribution in [0.3, 0.4) is 0 Å². The van der Waals surface area contributed by atoms with Crippen LogP contribution in [-0.4, -0.2) is 40.9 Å². The van der Waals surface area contributed by atoms with Gasteiger partial charge in [-0.05, 0) is 12.1 Å².